The van der Waals surface area contributed by atoms with Gasteiger partial charge in [0.1, 0.15) is 0 Å². The van der Waals surface area contributed by atoms with Crippen LogP contribution in [0.2, 0.25) is 0 Å². The SMILES string of the molecule is Cc1ccc(N)cc1-c1ccccc1N. The molecule has 0 aliphatic heterocycles. The second kappa shape index (κ2) is 3.65. The van der Waals surface area contributed by atoms with Gasteiger partial charge in [-0.2, -0.15) is 0 Å². The fourth-order valence-corrected chi connectivity index (χ4v) is 1.67. The molecular weight excluding hydrogens is 184 g/mol. The summed E-state index contributed by atoms with van der Waals surface area (Å²) in [5.41, 5.74) is 16.6. The Balaban J connectivity index is 2.64. The predicted octanol–water partition coefficient (Wildman–Crippen LogP) is 2.83. The Morgan fingerprint density at radius 2 is 1.60 bits per heavy atom. The van der Waals surface area contributed by atoms with Crippen LogP contribution in [0.25, 0.3) is 11.1 Å². The molecule has 0 aliphatic rings. The summed E-state index contributed by atoms with van der Waals surface area (Å²) in [6.07, 6.45) is 0. The fraction of sp³-hybridized carbons (Fsp3) is 0.0769. The van der Waals surface area contributed by atoms with Gasteiger partial charge in [-0.1, -0.05) is 24.3 Å². The smallest absolute Gasteiger partial charge is 0.0393 e. The molecule has 0 aromatic heterocycles. The monoisotopic (exact) mass is 198 g/mol. The van der Waals surface area contributed by atoms with E-state index in [0.29, 0.717) is 0 Å². The second-order valence-corrected chi connectivity index (χ2v) is 3.66. The summed E-state index contributed by atoms with van der Waals surface area (Å²) >= 11 is 0. The molecule has 2 rings (SSSR count). The van der Waals surface area contributed by atoms with E-state index >= 15 is 0 Å². The first-order valence-electron chi connectivity index (χ1n) is 4.89. The number of benzene rings is 2. The number of rotatable bonds is 1. The third-order valence-electron chi connectivity index (χ3n) is 2.51. The Bertz CT molecular complexity index is 490. The Morgan fingerprint density at radius 1 is 0.867 bits per heavy atom. The maximum atomic E-state index is 5.93. The van der Waals surface area contributed by atoms with E-state index in [2.05, 4.69) is 6.92 Å². The van der Waals surface area contributed by atoms with Crippen LogP contribution in [0.1, 0.15) is 5.56 Å². The number of nitrogen functional groups attached to an aromatic ring is 2. The molecule has 76 valence electrons. The molecule has 0 atom stereocenters. The highest BCUT2D eigenvalue weighted by atomic mass is 14.6. The highest BCUT2D eigenvalue weighted by Crippen LogP contribution is 2.29. The van der Waals surface area contributed by atoms with Gasteiger partial charge < -0.3 is 11.5 Å². The van der Waals surface area contributed by atoms with Gasteiger partial charge in [-0.15, -0.1) is 0 Å². The topological polar surface area (TPSA) is 52.0 Å². The zero-order chi connectivity index (χ0) is 10.8. The molecule has 0 saturated heterocycles. The van der Waals surface area contributed by atoms with Crippen molar-refractivity contribution in [2.75, 3.05) is 11.5 Å². The van der Waals surface area contributed by atoms with Gasteiger partial charge in [-0.3, -0.25) is 0 Å². The van der Waals surface area contributed by atoms with Gasteiger partial charge in [0.2, 0.25) is 0 Å². The second-order valence-electron chi connectivity index (χ2n) is 3.66. The fourth-order valence-electron chi connectivity index (χ4n) is 1.67. The Labute approximate surface area is 89.5 Å². The molecule has 0 spiro atoms. The maximum absolute atomic E-state index is 5.93. The van der Waals surface area contributed by atoms with Crippen LogP contribution in [0.5, 0.6) is 0 Å². The number of hydrogen-bond acceptors (Lipinski definition) is 2. The van der Waals surface area contributed by atoms with Crippen LogP contribution in [0.4, 0.5) is 11.4 Å². The van der Waals surface area contributed by atoms with Crippen molar-refractivity contribution in [2.45, 2.75) is 6.92 Å². The maximum Gasteiger partial charge on any atom is 0.0393 e. The largest absolute Gasteiger partial charge is 0.399 e. The Hall–Kier alpha value is -1.96. The highest BCUT2D eigenvalue weighted by Gasteiger charge is 2.04. The van der Waals surface area contributed by atoms with Crippen LogP contribution < -0.4 is 11.5 Å². The average molecular weight is 198 g/mol. The summed E-state index contributed by atoms with van der Waals surface area (Å²) < 4.78 is 0. The van der Waals surface area contributed by atoms with E-state index in [1.807, 2.05) is 42.5 Å². The van der Waals surface area contributed by atoms with E-state index in [1.165, 1.54) is 5.56 Å². The third kappa shape index (κ3) is 1.79. The van der Waals surface area contributed by atoms with Crippen LogP contribution in [-0.4, -0.2) is 0 Å². The average Bonchev–Trinajstić information content (AvgIpc) is 2.23. The first-order chi connectivity index (χ1) is 7.18. The molecule has 2 heteroatoms. The molecule has 2 nitrogen and oxygen atoms in total. The van der Waals surface area contributed by atoms with Crippen LogP contribution in [0.15, 0.2) is 42.5 Å². The quantitative estimate of drug-likeness (QED) is 0.692. The van der Waals surface area contributed by atoms with E-state index in [4.69, 9.17) is 11.5 Å². The lowest BCUT2D eigenvalue weighted by Crippen LogP contribution is -1.93. The number of aryl methyl sites for hydroxylation is 1. The number of nitrogens with two attached hydrogens (primary N) is 2. The van der Waals surface area contributed by atoms with Gasteiger partial charge >= 0.3 is 0 Å². The van der Waals surface area contributed by atoms with Crippen molar-refractivity contribution >= 4 is 11.4 Å². The van der Waals surface area contributed by atoms with Crippen molar-refractivity contribution in [3.8, 4) is 11.1 Å². The minimum atomic E-state index is 0.763. The molecule has 15 heavy (non-hydrogen) atoms. The van der Waals surface area contributed by atoms with Crippen LogP contribution >= 0.6 is 0 Å². The summed E-state index contributed by atoms with van der Waals surface area (Å²) in [5, 5.41) is 0. The summed E-state index contributed by atoms with van der Waals surface area (Å²) in [7, 11) is 0. The van der Waals surface area contributed by atoms with Crippen molar-refractivity contribution in [1.29, 1.82) is 0 Å². The normalized spacial score (nSPS) is 10.2. The molecular formula is C13H14N2. The summed E-state index contributed by atoms with van der Waals surface area (Å²) in [6.45, 7) is 2.06. The van der Waals surface area contributed by atoms with E-state index in [-0.39, 0.29) is 0 Å². The molecule has 0 amide bonds. The lowest BCUT2D eigenvalue weighted by atomic mass is 9.98. The number of anilines is 2. The molecule has 0 heterocycles. The van der Waals surface area contributed by atoms with Gasteiger partial charge in [0, 0.05) is 16.9 Å². The van der Waals surface area contributed by atoms with Crippen molar-refractivity contribution < 1.29 is 0 Å². The first kappa shape index (κ1) is 9.59. The Kier molecular flexibility index (Phi) is 2.34. The molecule has 0 bridgehead atoms. The first-order valence-corrected chi connectivity index (χ1v) is 4.89. The van der Waals surface area contributed by atoms with Gasteiger partial charge in [0.05, 0.1) is 0 Å². The van der Waals surface area contributed by atoms with Crippen LogP contribution in [0.3, 0.4) is 0 Å². The van der Waals surface area contributed by atoms with Crippen molar-refractivity contribution in [3.05, 3.63) is 48.0 Å². The minimum absolute atomic E-state index is 0.763. The molecule has 2 aromatic rings. The van der Waals surface area contributed by atoms with Gasteiger partial charge in [0.25, 0.3) is 0 Å². The summed E-state index contributed by atoms with van der Waals surface area (Å²) in [6, 6.07) is 13.7. The zero-order valence-corrected chi connectivity index (χ0v) is 8.70. The number of hydrogen-bond donors (Lipinski definition) is 2. The van der Waals surface area contributed by atoms with E-state index in [1.54, 1.807) is 0 Å². The standard InChI is InChI=1S/C13H14N2/c1-9-6-7-10(14)8-12(9)11-4-2-3-5-13(11)15/h2-8H,14-15H2,1H3. The number of para-hydroxylation sites is 1. The summed E-state index contributed by atoms with van der Waals surface area (Å²) in [4.78, 5) is 0. The van der Waals surface area contributed by atoms with Gasteiger partial charge in [-0.25, -0.2) is 0 Å². The van der Waals surface area contributed by atoms with Gasteiger partial charge in [-0.05, 0) is 36.2 Å². The zero-order valence-electron chi connectivity index (χ0n) is 8.70. The van der Waals surface area contributed by atoms with E-state index in [9.17, 15) is 0 Å². The molecule has 0 radical (unpaired) electrons. The van der Waals surface area contributed by atoms with Crippen molar-refractivity contribution in [3.63, 3.8) is 0 Å². The summed E-state index contributed by atoms with van der Waals surface area (Å²) in [5.74, 6) is 0. The molecule has 0 saturated carbocycles. The molecule has 0 fully saturated rings. The Morgan fingerprint density at radius 3 is 2.33 bits per heavy atom. The molecule has 0 unspecified atom stereocenters. The van der Waals surface area contributed by atoms with Crippen molar-refractivity contribution in [2.24, 2.45) is 0 Å². The predicted molar refractivity (Wildman–Crippen MR) is 65.4 cm³/mol. The minimum Gasteiger partial charge on any atom is -0.399 e. The van der Waals surface area contributed by atoms with Gasteiger partial charge in [0.15, 0.2) is 0 Å². The van der Waals surface area contributed by atoms with E-state index < -0.39 is 0 Å². The molecule has 2 aromatic carbocycles. The highest BCUT2D eigenvalue weighted by molar-refractivity contribution is 5.80. The van der Waals surface area contributed by atoms with E-state index in [0.717, 1.165) is 22.5 Å². The molecule has 4 N–H and O–H groups in total. The van der Waals surface area contributed by atoms with Crippen molar-refractivity contribution in [1.82, 2.24) is 0 Å². The lowest BCUT2D eigenvalue weighted by Gasteiger charge is -2.09. The third-order valence-corrected chi connectivity index (χ3v) is 2.51. The van der Waals surface area contributed by atoms with Crippen LogP contribution in [0, 0.1) is 6.92 Å². The lowest BCUT2D eigenvalue weighted by molar-refractivity contribution is 1.46. The van der Waals surface area contributed by atoms with Crippen LogP contribution in [-0.2, 0) is 0 Å². The molecule has 0 aliphatic carbocycles.